The summed E-state index contributed by atoms with van der Waals surface area (Å²) in [5.74, 6) is 0. The zero-order chi connectivity index (χ0) is 8.48. The molecule has 0 spiro atoms. The van der Waals surface area contributed by atoms with Gasteiger partial charge in [-0.1, -0.05) is 24.3 Å². The molecule has 0 bridgehead atoms. The standard InChI is InChI=1S/C9H14N2/c1-7-5-3-4-6-8(7)9(2,10)11/h3-6H,10-11H2,1-2H3. The first-order valence-electron chi connectivity index (χ1n) is 3.65. The Morgan fingerprint density at radius 1 is 1.18 bits per heavy atom. The summed E-state index contributed by atoms with van der Waals surface area (Å²) in [6.07, 6.45) is 0. The smallest absolute Gasteiger partial charge is 0.0872 e. The van der Waals surface area contributed by atoms with E-state index in [-0.39, 0.29) is 0 Å². The highest BCUT2D eigenvalue weighted by molar-refractivity contribution is 5.30. The Hall–Kier alpha value is -0.860. The first kappa shape index (κ1) is 8.24. The molecule has 0 radical (unpaired) electrons. The average molecular weight is 150 g/mol. The SMILES string of the molecule is Cc1ccccc1C(C)(N)N. The highest BCUT2D eigenvalue weighted by atomic mass is 14.9. The van der Waals surface area contributed by atoms with Crippen molar-refractivity contribution in [1.29, 1.82) is 0 Å². The van der Waals surface area contributed by atoms with E-state index in [9.17, 15) is 0 Å². The fraction of sp³-hybridized carbons (Fsp3) is 0.333. The van der Waals surface area contributed by atoms with E-state index in [4.69, 9.17) is 11.5 Å². The molecule has 1 aromatic carbocycles. The minimum absolute atomic E-state index is 0.717. The second kappa shape index (κ2) is 2.64. The van der Waals surface area contributed by atoms with E-state index in [1.807, 2.05) is 31.2 Å². The Kier molecular flexibility index (Phi) is 1.98. The maximum Gasteiger partial charge on any atom is 0.0872 e. The van der Waals surface area contributed by atoms with Crippen LogP contribution < -0.4 is 11.5 Å². The van der Waals surface area contributed by atoms with Gasteiger partial charge in [-0.3, -0.25) is 0 Å². The van der Waals surface area contributed by atoms with Crippen molar-refractivity contribution in [2.45, 2.75) is 19.5 Å². The number of benzene rings is 1. The topological polar surface area (TPSA) is 52.0 Å². The van der Waals surface area contributed by atoms with Crippen molar-refractivity contribution in [2.75, 3.05) is 0 Å². The molecule has 0 aliphatic heterocycles. The Morgan fingerprint density at radius 3 is 2.09 bits per heavy atom. The zero-order valence-corrected chi connectivity index (χ0v) is 6.96. The van der Waals surface area contributed by atoms with Crippen molar-refractivity contribution in [3.63, 3.8) is 0 Å². The van der Waals surface area contributed by atoms with Crippen molar-refractivity contribution in [1.82, 2.24) is 0 Å². The maximum absolute atomic E-state index is 5.74. The van der Waals surface area contributed by atoms with E-state index in [0.717, 1.165) is 11.1 Å². The lowest BCUT2D eigenvalue weighted by Gasteiger charge is -2.21. The molecule has 0 fully saturated rings. The van der Waals surface area contributed by atoms with Gasteiger partial charge in [-0.25, -0.2) is 0 Å². The molecule has 2 nitrogen and oxygen atoms in total. The van der Waals surface area contributed by atoms with Gasteiger partial charge < -0.3 is 11.5 Å². The fourth-order valence-electron chi connectivity index (χ4n) is 1.18. The summed E-state index contributed by atoms with van der Waals surface area (Å²) in [7, 11) is 0. The lowest BCUT2D eigenvalue weighted by molar-refractivity contribution is 0.517. The lowest BCUT2D eigenvalue weighted by atomic mass is 9.98. The van der Waals surface area contributed by atoms with E-state index in [0.29, 0.717) is 0 Å². The van der Waals surface area contributed by atoms with E-state index < -0.39 is 5.66 Å². The van der Waals surface area contributed by atoms with E-state index in [2.05, 4.69) is 0 Å². The summed E-state index contributed by atoms with van der Waals surface area (Å²) in [4.78, 5) is 0. The first-order valence-corrected chi connectivity index (χ1v) is 3.65. The van der Waals surface area contributed by atoms with Crippen molar-refractivity contribution in [3.05, 3.63) is 35.4 Å². The van der Waals surface area contributed by atoms with Crippen LogP contribution in [-0.4, -0.2) is 0 Å². The van der Waals surface area contributed by atoms with Gasteiger partial charge in [0.2, 0.25) is 0 Å². The van der Waals surface area contributed by atoms with Gasteiger partial charge in [0.15, 0.2) is 0 Å². The molecule has 1 aromatic rings. The second-order valence-electron chi connectivity index (χ2n) is 3.10. The van der Waals surface area contributed by atoms with E-state index >= 15 is 0 Å². The molecule has 0 aromatic heterocycles. The Labute approximate surface area is 67.2 Å². The van der Waals surface area contributed by atoms with Crippen LogP contribution in [-0.2, 0) is 5.66 Å². The summed E-state index contributed by atoms with van der Waals surface area (Å²) in [5.41, 5.74) is 12.9. The number of hydrogen-bond acceptors (Lipinski definition) is 2. The normalized spacial score (nSPS) is 11.6. The summed E-state index contributed by atoms with van der Waals surface area (Å²) >= 11 is 0. The third-order valence-electron chi connectivity index (χ3n) is 1.73. The van der Waals surface area contributed by atoms with E-state index in [1.54, 1.807) is 6.92 Å². The first-order chi connectivity index (χ1) is 5.02. The highest BCUT2D eigenvalue weighted by Gasteiger charge is 2.15. The van der Waals surface area contributed by atoms with Gasteiger partial charge in [0.25, 0.3) is 0 Å². The zero-order valence-electron chi connectivity index (χ0n) is 6.96. The molecule has 2 heteroatoms. The molecule has 0 amide bonds. The van der Waals surface area contributed by atoms with Crippen molar-refractivity contribution < 1.29 is 0 Å². The molecule has 0 saturated heterocycles. The summed E-state index contributed by atoms with van der Waals surface area (Å²) in [5, 5.41) is 0. The van der Waals surface area contributed by atoms with Crippen LogP contribution in [0.4, 0.5) is 0 Å². The van der Waals surface area contributed by atoms with Crippen molar-refractivity contribution in [3.8, 4) is 0 Å². The summed E-state index contributed by atoms with van der Waals surface area (Å²) < 4.78 is 0. The Morgan fingerprint density at radius 2 is 1.73 bits per heavy atom. The average Bonchev–Trinajstić information content (AvgIpc) is 1.86. The largest absolute Gasteiger partial charge is 0.310 e. The molecule has 11 heavy (non-hydrogen) atoms. The van der Waals surface area contributed by atoms with Crippen LogP contribution in [0.2, 0.25) is 0 Å². The minimum Gasteiger partial charge on any atom is -0.310 e. The quantitative estimate of drug-likeness (QED) is 0.589. The Balaban J connectivity index is 3.14. The van der Waals surface area contributed by atoms with E-state index in [1.165, 1.54) is 0 Å². The fourth-order valence-corrected chi connectivity index (χ4v) is 1.18. The van der Waals surface area contributed by atoms with Crippen LogP contribution >= 0.6 is 0 Å². The maximum atomic E-state index is 5.74. The number of hydrogen-bond donors (Lipinski definition) is 2. The molecule has 0 heterocycles. The number of aryl methyl sites for hydroxylation is 1. The monoisotopic (exact) mass is 150 g/mol. The highest BCUT2D eigenvalue weighted by Crippen LogP contribution is 2.15. The van der Waals surface area contributed by atoms with Crippen LogP contribution in [0.3, 0.4) is 0 Å². The number of rotatable bonds is 1. The molecule has 60 valence electrons. The predicted molar refractivity (Wildman–Crippen MR) is 46.9 cm³/mol. The molecule has 0 unspecified atom stereocenters. The van der Waals surface area contributed by atoms with Crippen LogP contribution in [0, 0.1) is 6.92 Å². The summed E-state index contributed by atoms with van der Waals surface area (Å²) in [6.45, 7) is 3.81. The third kappa shape index (κ3) is 1.79. The van der Waals surface area contributed by atoms with Gasteiger partial charge in [0.05, 0.1) is 5.66 Å². The van der Waals surface area contributed by atoms with Crippen LogP contribution in [0.5, 0.6) is 0 Å². The molecular weight excluding hydrogens is 136 g/mol. The number of nitrogens with two attached hydrogens (primary N) is 2. The molecular formula is C9H14N2. The van der Waals surface area contributed by atoms with Crippen LogP contribution in [0.15, 0.2) is 24.3 Å². The van der Waals surface area contributed by atoms with Crippen LogP contribution in [0.25, 0.3) is 0 Å². The van der Waals surface area contributed by atoms with Gasteiger partial charge in [-0.2, -0.15) is 0 Å². The third-order valence-corrected chi connectivity index (χ3v) is 1.73. The minimum atomic E-state index is -0.717. The van der Waals surface area contributed by atoms with Gasteiger partial charge >= 0.3 is 0 Å². The van der Waals surface area contributed by atoms with Crippen molar-refractivity contribution >= 4 is 0 Å². The molecule has 1 rings (SSSR count). The van der Waals surface area contributed by atoms with Crippen molar-refractivity contribution in [2.24, 2.45) is 11.5 Å². The molecule has 0 aliphatic carbocycles. The molecule has 0 saturated carbocycles. The van der Waals surface area contributed by atoms with Gasteiger partial charge in [0.1, 0.15) is 0 Å². The molecule has 0 atom stereocenters. The lowest BCUT2D eigenvalue weighted by Crippen LogP contribution is -2.43. The van der Waals surface area contributed by atoms with Gasteiger partial charge in [0, 0.05) is 0 Å². The predicted octanol–water partition coefficient (Wildman–Crippen LogP) is 1.09. The van der Waals surface area contributed by atoms with Gasteiger partial charge in [-0.05, 0) is 25.0 Å². The van der Waals surface area contributed by atoms with Gasteiger partial charge in [-0.15, -0.1) is 0 Å². The second-order valence-corrected chi connectivity index (χ2v) is 3.10. The molecule has 0 aliphatic rings. The Bertz CT molecular complexity index is 248. The molecule has 4 N–H and O–H groups in total. The summed E-state index contributed by atoms with van der Waals surface area (Å²) in [6, 6.07) is 7.88. The van der Waals surface area contributed by atoms with Crippen LogP contribution in [0.1, 0.15) is 18.1 Å².